The SMILES string of the molecule is CS(=O)(=O)c1cccc(NS(=O)(=O)c2ccc(F)cc2F)c1. The number of sulfonamides is 1. The predicted molar refractivity (Wildman–Crippen MR) is 76.7 cm³/mol. The summed E-state index contributed by atoms with van der Waals surface area (Å²) < 4.78 is 75.4. The quantitative estimate of drug-likeness (QED) is 0.919. The topological polar surface area (TPSA) is 80.3 Å². The van der Waals surface area contributed by atoms with Gasteiger partial charge in [-0.25, -0.2) is 25.6 Å². The molecule has 0 spiro atoms. The number of benzene rings is 2. The Bertz CT molecular complexity index is 925. The minimum atomic E-state index is -4.31. The molecular formula is C13H11F2NO4S2. The normalized spacial score (nSPS) is 12.1. The lowest BCUT2D eigenvalue weighted by molar-refractivity contribution is 0.551. The monoisotopic (exact) mass is 347 g/mol. The first-order valence-corrected chi connectivity index (χ1v) is 9.25. The summed E-state index contributed by atoms with van der Waals surface area (Å²) in [4.78, 5) is -0.828. The molecule has 2 aromatic carbocycles. The van der Waals surface area contributed by atoms with Gasteiger partial charge in [0.2, 0.25) is 0 Å². The van der Waals surface area contributed by atoms with Crippen LogP contribution in [0.3, 0.4) is 0 Å². The zero-order chi connectivity index (χ0) is 16.5. The van der Waals surface area contributed by atoms with Gasteiger partial charge in [0.1, 0.15) is 16.5 Å². The van der Waals surface area contributed by atoms with Crippen molar-refractivity contribution < 1.29 is 25.6 Å². The molecule has 5 nitrogen and oxygen atoms in total. The molecular weight excluding hydrogens is 336 g/mol. The van der Waals surface area contributed by atoms with Crippen molar-refractivity contribution in [2.45, 2.75) is 9.79 Å². The number of sulfone groups is 1. The smallest absolute Gasteiger partial charge is 0.264 e. The van der Waals surface area contributed by atoms with Gasteiger partial charge in [-0.2, -0.15) is 0 Å². The van der Waals surface area contributed by atoms with E-state index in [2.05, 4.69) is 4.72 Å². The number of hydrogen-bond acceptors (Lipinski definition) is 4. The Balaban J connectivity index is 2.41. The Kier molecular flexibility index (Phi) is 4.21. The standard InChI is InChI=1S/C13H11F2NO4S2/c1-21(17,18)11-4-2-3-10(8-11)16-22(19,20)13-6-5-9(14)7-12(13)15/h2-8,16H,1H3. The van der Waals surface area contributed by atoms with Crippen molar-refractivity contribution in [3.8, 4) is 0 Å². The second-order valence-corrected chi connectivity index (χ2v) is 8.15. The second kappa shape index (κ2) is 5.65. The predicted octanol–water partition coefficient (Wildman–Crippen LogP) is 2.17. The third-order valence-electron chi connectivity index (χ3n) is 2.70. The highest BCUT2D eigenvalue weighted by Crippen LogP contribution is 2.21. The van der Waals surface area contributed by atoms with E-state index < -0.39 is 36.4 Å². The Hall–Kier alpha value is -2.00. The van der Waals surface area contributed by atoms with Crippen LogP contribution in [0.15, 0.2) is 52.3 Å². The Labute approximate surface area is 126 Å². The lowest BCUT2D eigenvalue weighted by Crippen LogP contribution is -2.15. The number of rotatable bonds is 4. The molecule has 0 unspecified atom stereocenters. The molecule has 0 heterocycles. The molecule has 0 radical (unpaired) electrons. The van der Waals surface area contributed by atoms with Crippen LogP contribution in [0.25, 0.3) is 0 Å². The van der Waals surface area contributed by atoms with Crippen molar-refractivity contribution in [2.24, 2.45) is 0 Å². The maximum Gasteiger partial charge on any atom is 0.264 e. The molecule has 0 aliphatic rings. The van der Waals surface area contributed by atoms with Gasteiger partial charge < -0.3 is 0 Å². The summed E-state index contributed by atoms with van der Waals surface area (Å²) in [5.41, 5.74) is -0.0494. The number of anilines is 1. The molecule has 0 aliphatic carbocycles. The summed E-state index contributed by atoms with van der Waals surface area (Å²) >= 11 is 0. The first-order valence-electron chi connectivity index (χ1n) is 5.87. The van der Waals surface area contributed by atoms with Gasteiger partial charge in [-0.05, 0) is 30.3 Å². The molecule has 9 heteroatoms. The van der Waals surface area contributed by atoms with E-state index in [1.807, 2.05) is 0 Å². The van der Waals surface area contributed by atoms with Crippen LogP contribution in [0.1, 0.15) is 0 Å². The summed E-state index contributed by atoms with van der Waals surface area (Å²) in [5, 5.41) is 0. The molecule has 0 amide bonds. The summed E-state index contributed by atoms with van der Waals surface area (Å²) in [6, 6.07) is 7.10. The number of nitrogens with one attached hydrogen (secondary N) is 1. The minimum absolute atomic E-state index is 0.0494. The van der Waals surface area contributed by atoms with E-state index in [1.165, 1.54) is 18.2 Å². The van der Waals surface area contributed by atoms with Gasteiger partial charge in [0, 0.05) is 12.3 Å². The summed E-state index contributed by atoms with van der Waals surface area (Å²) in [5.74, 6) is -2.15. The maximum absolute atomic E-state index is 13.6. The van der Waals surface area contributed by atoms with E-state index in [0.717, 1.165) is 24.5 Å². The Morgan fingerprint density at radius 3 is 2.23 bits per heavy atom. The fraction of sp³-hybridized carbons (Fsp3) is 0.0769. The van der Waals surface area contributed by atoms with Crippen molar-refractivity contribution in [3.63, 3.8) is 0 Å². The van der Waals surface area contributed by atoms with Gasteiger partial charge >= 0.3 is 0 Å². The van der Waals surface area contributed by atoms with E-state index in [-0.39, 0.29) is 10.6 Å². The van der Waals surface area contributed by atoms with Crippen LogP contribution in [0.2, 0.25) is 0 Å². The molecule has 1 N–H and O–H groups in total. The molecule has 22 heavy (non-hydrogen) atoms. The van der Waals surface area contributed by atoms with Crippen LogP contribution >= 0.6 is 0 Å². The highest BCUT2D eigenvalue weighted by Gasteiger charge is 2.20. The van der Waals surface area contributed by atoms with Crippen LogP contribution < -0.4 is 4.72 Å². The molecule has 2 rings (SSSR count). The summed E-state index contributed by atoms with van der Waals surface area (Å²) in [6.45, 7) is 0. The van der Waals surface area contributed by atoms with Crippen LogP contribution in [0.5, 0.6) is 0 Å². The van der Waals surface area contributed by atoms with Gasteiger partial charge in [0.25, 0.3) is 10.0 Å². The van der Waals surface area contributed by atoms with E-state index in [0.29, 0.717) is 6.07 Å². The fourth-order valence-corrected chi connectivity index (χ4v) is 3.47. The first-order chi connectivity index (χ1) is 10.1. The van der Waals surface area contributed by atoms with Crippen LogP contribution in [-0.2, 0) is 19.9 Å². The van der Waals surface area contributed by atoms with E-state index >= 15 is 0 Å². The van der Waals surface area contributed by atoms with Gasteiger partial charge in [0.15, 0.2) is 9.84 Å². The van der Waals surface area contributed by atoms with E-state index in [9.17, 15) is 25.6 Å². The third-order valence-corrected chi connectivity index (χ3v) is 5.22. The molecule has 0 aromatic heterocycles. The van der Waals surface area contributed by atoms with Crippen molar-refractivity contribution >= 4 is 25.5 Å². The van der Waals surface area contributed by atoms with Crippen LogP contribution in [0, 0.1) is 11.6 Å². The lowest BCUT2D eigenvalue weighted by Gasteiger charge is -2.10. The zero-order valence-corrected chi connectivity index (χ0v) is 12.9. The zero-order valence-electron chi connectivity index (χ0n) is 11.2. The lowest BCUT2D eigenvalue weighted by atomic mass is 10.3. The molecule has 0 fully saturated rings. The van der Waals surface area contributed by atoms with Crippen molar-refractivity contribution in [1.82, 2.24) is 0 Å². The van der Waals surface area contributed by atoms with Gasteiger partial charge in [-0.15, -0.1) is 0 Å². The van der Waals surface area contributed by atoms with E-state index in [4.69, 9.17) is 0 Å². The fourth-order valence-electron chi connectivity index (χ4n) is 1.69. The average Bonchev–Trinajstić information content (AvgIpc) is 2.36. The first kappa shape index (κ1) is 16.4. The second-order valence-electron chi connectivity index (χ2n) is 4.48. The maximum atomic E-state index is 13.6. The van der Waals surface area contributed by atoms with Gasteiger partial charge in [-0.3, -0.25) is 4.72 Å². The van der Waals surface area contributed by atoms with Gasteiger partial charge in [0.05, 0.1) is 10.6 Å². The molecule has 118 valence electrons. The van der Waals surface area contributed by atoms with Gasteiger partial charge in [-0.1, -0.05) is 6.07 Å². The Morgan fingerprint density at radius 2 is 1.64 bits per heavy atom. The highest BCUT2D eigenvalue weighted by molar-refractivity contribution is 7.92. The molecule has 0 atom stereocenters. The van der Waals surface area contributed by atoms with Crippen molar-refractivity contribution in [1.29, 1.82) is 0 Å². The highest BCUT2D eigenvalue weighted by atomic mass is 32.2. The van der Waals surface area contributed by atoms with Crippen molar-refractivity contribution in [2.75, 3.05) is 11.0 Å². The summed E-state index contributed by atoms with van der Waals surface area (Å²) in [6.07, 6.45) is 0.972. The van der Waals surface area contributed by atoms with Crippen LogP contribution in [0.4, 0.5) is 14.5 Å². The molecule has 0 aliphatic heterocycles. The molecule has 0 bridgehead atoms. The average molecular weight is 347 g/mol. The van der Waals surface area contributed by atoms with E-state index in [1.54, 1.807) is 0 Å². The molecule has 0 saturated heterocycles. The number of halogens is 2. The summed E-state index contributed by atoms with van der Waals surface area (Å²) in [7, 11) is -7.83. The number of hydrogen-bond donors (Lipinski definition) is 1. The Morgan fingerprint density at radius 1 is 0.955 bits per heavy atom. The molecule has 2 aromatic rings. The third kappa shape index (κ3) is 3.60. The molecule has 0 saturated carbocycles. The van der Waals surface area contributed by atoms with Crippen molar-refractivity contribution in [3.05, 3.63) is 54.1 Å². The largest absolute Gasteiger partial charge is 0.280 e. The van der Waals surface area contributed by atoms with Crippen LogP contribution in [-0.4, -0.2) is 23.1 Å². The minimum Gasteiger partial charge on any atom is -0.280 e.